The van der Waals surface area contributed by atoms with Crippen molar-refractivity contribution in [2.75, 3.05) is 0 Å². The molecule has 0 aliphatic rings. The molecule has 0 amide bonds. The molecule has 0 unspecified atom stereocenters. The second-order valence-electron chi connectivity index (χ2n) is 13.7. The van der Waals surface area contributed by atoms with Crippen LogP contribution in [0.15, 0.2) is 24.3 Å². The summed E-state index contributed by atoms with van der Waals surface area (Å²) in [7, 11) is 0. The summed E-state index contributed by atoms with van der Waals surface area (Å²) in [4.78, 5) is 35.5. The van der Waals surface area contributed by atoms with E-state index in [0.717, 1.165) is 6.42 Å². The molecule has 0 aliphatic heterocycles. The van der Waals surface area contributed by atoms with E-state index in [1.807, 2.05) is 9.88 Å². The molecule has 0 saturated heterocycles. The molecule has 0 aromatic rings. The van der Waals surface area contributed by atoms with Gasteiger partial charge in [-0.3, -0.25) is 0 Å². The molecule has 290 valence electrons. The molecule has 7 nitrogen and oxygen atoms in total. The Kier molecular flexibility index (Phi) is 49.0. The van der Waals surface area contributed by atoms with Gasteiger partial charge >= 0.3 is 243 Å². The van der Waals surface area contributed by atoms with Gasteiger partial charge in [-0.2, -0.15) is 0 Å². The zero-order valence-electron chi connectivity index (χ0n) is 32.7. The average Bonchev–Trinajstić information content (AvgIpc) is 3.05. The van der Waals surface area contributed by atoms with Crippen molar-refractivity contribution in [2.45, 2.75) is 206 Å². The number of unbranched alkanes of at least 4 members (excludes halogenated alkanes) is 21. The molecule has 0 fully saturated rings. The standard InChI is InChI=1S/C18H34O2.2C8H17.C4H4O4.2CH3.H2O.2Sn.2H/c1-2-3-4-5-6-7-8-9-10-11-12-13-14-15-16-17-18(19)20;2*1-3-5-7-8-6-4-2;5-3(6)1-2-4(7)8;;;;;;;/h9-10H,2-8,11-17H2,1H3,(H,19,20);2*1,3-8H2,2H3;1-2H,(H,5,6)(H,7,8);2*1H3;1H2;;;;/q;;;;;;;2*+1;;/p-2/b10-9-;;;2-1-;;;;;;;. The van der Waals surface area contributed by atoms with Crippen LogP contribution in [0.1, 0.15) is 188 Å². The van der Waals surface area contributed by atoms with Crippen LogP contribution in [0.5, 0.6) is 0 Å². The molecular formula is C40H80O7Sn2. The summed E-state index contributed by atoms with van der Waals surface area (Å²) in [6.07, 6.45) is 39.6. The van der Waals surface area contributed by atoms with Gasteiger partial charge in [-0.1, -0.05) is 39.0 Å². The normalized spacial score (nSPS) is 11.1. The van der Waals surface area contributed by atoms with Crippen molar-refractivity contribution >= 4 is 58.3 Å². The van der Waals surface area contributed by atoms with E-state index >= 15 is 0 Å². The van der Waals surface area contributed by atoms with Gasteiger partial charge < -0.3 is 10.2 Å². The molecule has 0 heterocycles. The van der Waals surface area contributed by atoms with Gasteiger partial charge in [0.15, 0.2) is 0 Å². The third-order valence-electron chi connectivity index (χ3n) is 8.07. The number of carboxylic acids is 2. The van der Waals surface area contributed by atoms with Gasteiger partial charge in [0.25, 0.3) is 0 Å². The van der Waals surface area contributed by atoms with Crippen LogP contribution < -0.4 is 0 Å². The first-order valence-corrected chi connectivity index (χ1v) is 34.3. The Morgan fingerprint density at radius 3 is 1.16 bits per heavy atom. The fraction of sp³-hybridized carbons (Fsp3) is 0.825. The molecule has 0 aromatic heterocycles. The van der Waals surface area contributed by atoms with Crippen molar-refractivity contribution in [3.05, 3.63) is 24.3 Å². The van der Waals surface area contributed by atoms with Crippen LogP contribution in [0.2, 0.25) is 18.8 Å². The van der Waals surface area contributed by atoms with E-state index < -0.39 is 52.3 Å². The number of rotatable bonds is 32. The van der Waals surface area contributed by atoms with Crippen LogP contribution in [0, 0.1) is 0 Å². The number of allylic oxidation sites excluding steroid dienone is 2. The van der Waals surface area contributed by atoms with Crippen molar-refractivity contribution in [3.63, 3.8) is 0 Å². The third-order valence-corrected chi connectivity index (χ3v) is 15.8. The Morgan fingerprint density at radius 1 is 0.510 bits per heavy atom. The maximum atomic E-state index is 12.6. The molecule has 0 radical (unpaired) electrons. The summed E-state index contributed by atoms with van der Waals surface area (Å²) < 4.78 is 17.0. The van der Waals surface area contributed by atoms with Gasteiger partial charge in [-0.25, -0.2) is 9.59 Å². The first-order valence-electron chi connectivity index (χ1n) is 20.3. The summed E-state index contributed by atoms with van der Waals surface area (Å²) in [5.74, 6) is -2.37. The predicted octanol–water partition coefficient (Wildman–Crippen LogP) is 11.7. The topological polar surface area (TPSA) is 121 Å². The summed E-state index contributed by atoms with van der Waals surface area (Å²) in [5.41, 5.74) is 0. The minimum atomic E-state index is -2.14. The van der Waals surface area contributed by atoms with Crippen molar-refractivity contribution in [2.24, 2.45) is 0 Å². The second kappa shape index (κ2) is 45.5. The maximum absolute atomic E-state index is 12.6. The summed E-state index contributed by atoms with van der Waals surface area (Å²) in [5, 5.41) is 15.6. The van der Waals surface area contributed by atoms with Gasteiger partial charge in [0, 0.05) is 12.2 Å². The molecule has 49 heavy (non-hydrogen) atoms. The Morgan fingerprint density at radius 2 is 0.816 bits per heavy atom. The minimum absolute atomic E-state index is 0.149. The third kappa shape index (κ3) is 57.0. The van der Waals surface area contributed by atoms with E-state index in [-0.39, 0.29) is 5.97 Å². The van der Waals surface area contributed by atoms with E-state index in [0.29, 0.717) is 18.6 Å². The molecule has 0 rings (SSSR count). The van der Waals surface area contributed by atoms with E-state index in [1.165, 1.54) is 163 Å². The Balaban J connectivity index is -0.00000149. The van der Waals surface area contributed by atoms with Crippen molar-refractivity contribution in [1.82, 2.24) is 0 Å². The van der Waals surface area contributed by atoms with E-state index in [4.69, 9.17) is 16.7 Å². The molecular weight excluding hydrogens is 830 g/mol. The summed E-state index contributed by atoms with van der Waals surface area (Å²) in [6, 6.07) is 0. The zero-order chi connectivity index (χ0) is 37.2. The van der Waals surface area contributed by atoms with Crippen LogP contribution >= 0.6 is 0 Å². The second-order valence-corrected chi connectivity index (χ2v) is 27.4. The molecule has 0 saturated carbocycles. The number of hydrogen-bond donors (Lipinski definition) is 3. The van der Waals surface area contributed by atoms with E-state index in [9.17, 15) is 14.4 Å². The Bertz CT molecular complexity index is 737. The molecule has 0 aromatic carbocycles. The fourth-order valence-corrected chi connectivity index (χ4v) is 12.4. The van der Waals surface area contributed by atoms with Crippen LogP contribution in [0.4, 0.5) is 0 Å². The first-order chi connectivity index (χ1) is 23.6. The fourth-order valence-electron chi connectivity index (χ4n) is 5.29. The molecule has 0 bridgehead atoms. The van der Waals surface area contributed by atoms with Crippen molar-refractivity contribution < 1.29 is 31.1 Å². The van der Waals surface area contributed by atoms with Gasteiger partial charge in [0.05, 0.1) is 0 Å². The Labute approximate surface area is 318 Å². The predicted molar refractivity (Wildman–Crippen MR) is 215 cm³/mol. The van der Waals surface area contributed by atoms with Crippen LogP contribution in [0.3, 0.4) is 0 Å². The van der Waals surface area contributed by atoms with E-state index in [2.05, 4.69) is 32.9 Å². The van der Waals surface area contributed by atoms with Gasteiger partial charge in [-0.15, -0.1) is 0 Å². The summed E-state index contributed by atoms with van der Waals surface area (Å²) in [6.45, 7) is 6.84. The zero-order valence-corrected chi connectivity index (χ0v) is 39.3. The Hall–Kier alpha value is -0.553. The average molecular weight is 910 g/mol. The quantitative estimate of drug-likeness (QED) is 0.0266. The molecule has 9 heteroatoms. The molecule has 0 aliphatic carbocycles. The van der Waals surface area contributed by atoms with Crippen LogP contribution in [0.25, 0.3) is 0 Å². The van der Waals surface area contributed by atoms with Crippen LogP contribution in [-0.2, 0) is 17.5 Å². The van der Waals surface area contributed by atoms with Crippen molar-refractivity contribution in [1.29, 1.82) is 0 Å². The number of hydrogen-bond acceptors (Lipinski definition) is 5. The SMILES string of the molecule is CCCCCCCC/C=C\CCCCCCCC(=O)[O][SnH]([CH2]CCCCCCC)[CH2]CCCCCCC.O=C(O)/C=C\C(=O)O.[CH3][SnH]([CH3])[OH]. The molecule has 0 atom stereocenters. The molecule has 0 spiro atoms. The van der Waals surface area contributed by atoms with Gasteiger partial charge in [-0.05, 0) is 6.42 Å². The molecule has 3 N–H and O–H groups in total. The number of aliphatic carboxylic acids is 2. The van der Waals surface area contributed by atoms with Crippen LogP contribution in [-0.4, -0.2) is 71.9 Å². The van der Waals surface area contributed by atoms with Gasteiger partial charge in [0.1, 0.15) is 0 Å². The van der Waals surface area contributed by atoms with E-state index in [1.54, 1.807) is 0 Å². The van der Waals surface area contributed by atoms with Crippen molar-refractivity contribution in [3.8, 4) is 0 Å². The summed E-state index contributed by atoms with van der Waals surface area (Å²) >= 11 is -3.78. The number of carbonyl (C=O) groups is 3. The first kappa shape index (κ1) is 52.8. The monoisotopic (exact) mass is 912 g/mol. The van der Waals surface area contributed by atoms with Gasteiger partial charge in [0.2, 0.25) is 0 Å². The number of carboxylic acid groups (broad SMARTS) is 2. The number of carbonyl (C=O) groups excluding carboxylic acids is 1.